The van der Waals surface area contributed by atoms with Gasteiger partial charge in [-0.15, -0.1) is 5.10 Å². The predicted molar refractivity (Wildman–Crippen MR) is 89.2 cm³/mol. The molecule has 2 N–H and O–H groups in total. The van der Waals surface area contributed by atoms with Crippen molar-refractivity contribution in [3.63, 3.8) is 0 Å². The van der Waals surface area contributed by atoms with E-state index in [0.717, 1.165) is 11.1 Å². The molecule has 0 saturated carbocycles. The first-order valence-electron chi connectivity index (χ1n) is 7.07. The molecule has 0 spiro atoms. The Morgan fingerprint density at radius 3 is 2.74 bits per heavy atom. The minimum atomic E-state index is 0.198. The Hall–Kier alpha value is -2.86. The maximum absolute atomic E-state index is 6.24. The smallest absolute Gasteiger partial charge is 0.240 e. The van der Waals surface area contributed by atoms with Crippen molar-refractivity contribution in [2.45, 2.75) is 6.54 Å². The number of aromatic nitrogens is 5. The first-order valence-corrected chi connectivity index (χ1v) is 7.45. The largest absolute Gasteiger partial charge is 0.366 e. The number of rotatable bonds is 3. The third-order valence-corrected chi connectivity index (χ3v) is 3.83. The third kappa shape index (κ3) is 2.64. The molecule has 3 heterocycles. The molecule has 4 aromatic rings. The summed E-state index contributed by atoms with van der Waals surface area (Å²) < 4.78 is 3.40. The van der Waals surface area contributed by atoms with Gasteiger partial charge in [0.05, 0.1) is 12.7 Å². The van der Waals surface area contributed by atoms with E-state index in [-0.39, 0.29) is 5.95 Å². The van der Waals surface area contributed by atoms with Crippen LogP contribution in [0.15, 0.2) is 54.9 Å². The van der Waals surface area contributed by atoms with Gasteiger partial charge in [0, 0.05) is 11.8 Å². The van der Waals surface area contributed by atoms with Gasteiger partial charge < -0.3 is 5.73 Å². The lowest BCUT2D eigenvalue weighted by Gasteiger charge is -2.02. The maximum atomic E-state index is 6.24. The van der Waals surface area contributed by atoms with E-state index in [9.17, 15) is 0 Å². The molecular formula is C16H13ClN6. The number of pyridine rings is 1. The molecule has 0 aliphatic heterocycles. The van der Waals surface area contributed by atoms with Gasteiger partial charge in [-0.2, -0.15) is 10.1 Å². The second-order valence-electron chi connectivity index (χ2n) is 5.22. The predicted octanol–water partition coefficient (Wildman–Crippen LogP) is 2.88. The summed E-state index contributed by atoms with van der Waals surface area (Å²) in [7, 11) is 0. The summed E-state index contributed by atoms with van der Waals surface area (Å²) in [5.74, 6) is 0.198. The van der Waals surface area contributed by atoms with Crippen molar-refractivity contribution >= 4 is 23.2 Å². The molecule has 0 unspecified atom stereocenters. The maximum Gasteiger partial charge on any atom is 0.240 e. The van der Waals surface area contributed by atoms with Crippen LogP contribution in [0.4, 0.5) is 5.95 Å². The van der Waals surface area contributed by atoms with Crippen molar-refractivity contribution in [2.24, 2.45) is 0 Å². The topological polar surface area (TPSA) is 74.0 Å². The Labute approximate surface area is 137 Å². The van der Waals surface area contributed by atoms with Crippen LogP contribution in [-0.2, 0) is 6.54 Å². The van der Waals surface area contributed by atoms with Gasteiger partial charge in [-0.25, -0.2) is 4.52 Å². The van der Waals surface area contributed by atoms with Gasteiger partial charge in [-0.05, 0) is 23.3 Å². The van der Waals surface area contributed by atoms with Gasteiger partial charge in [-0.1, -0.05) is 41.9 Å². The molecule has 0 saturated heterocycles. The quantitative estimate of drug-likeness (QED) is 0.588. The van der Waals surface area contributed by atoms with Crippen molar-refractivity contribution in [3.05, 3.63) is 65.6 Å². The first-order chi connectivity index (χ1) is 11.2. The molecule has 0 atom stereocenters. The summed E-state index contributed by atoms with van der Waals surface area (Å²) in [4.78, 5) is 4.15. The summed E-state index contributed by atoms with van der Waals surface area (Å²) in [5.41, 5.74) is 9.32. The van der Waals surface area contributed by atoms with E-state index in [4.69, 9.17) is 17.3 Å². The molecule has 0 aliphatic carbocycles. The van der Waals surface area contributed by atoms with E-state index in [1.807, 2.05) is 47.4 Å². The van der Waals surface area contributed by atoms with Crippen LogP contribution in [-0.4, -0.2) is 24.4 Å². The minimum Gasteiger partial charge on any atom is -0.366 e. The van der Waals surface area contributed by atoms with Crippen molar-refractivity contribution in [2.75, 3.05) is 5.73 Å². The zero-order valence-electron chi connectivity index (χ0n) is 12.1. The van der Waals surface area contributed by atoms with Gasteiger partial charge in [0.2, 0.25) is 5.95 Å². The number of nitrogens with two attached hydrogens (primary N) is 1. The zero-order valence-corrected chi connectivity index (χ0v) is 12.9. The molecule has 6 nitrogen and oxygen atoms in total. The number of nitrogen functional groups attached to an aromatic ring is 1. The standard InChI is InChI=1S/C16H13ClN6/c17-14-6-12(7-15-20-16(18)21-23(14)15)13-8-19-22(10-13)9-11-4-2-1-3-5-11/h1-8,10H,9H2,(H2,18,21). The van der Waals surface area contributed by atoms with Gasteiger partial charge in [0.25, 0.3) is 0 Å². The van der Waals surface area contributed by atoms with Gasteiger partial charge in [0.1, 0.15) is 5.15 Å². The Morgan fingerprint density at radius 2 is 1.91 bits per heavy atom. The number of fused-ring (bicyclic) bond motifs is 1. The molecule has 1 aromatic carbocycles. The van der Waals surface area contributed by atoms with Crippen LogP contribution in [0.1, 0.15) is 5.56 Å². The molecule has 7 heteroatoms. The molecule has 4 rings (SSSR count). The van der Waals surface area contributed by atoms with Crippen LogP contribution in [0.3, 0.4) is 0 Å². The highest BCUT2D eigenvalue weighted by atomic mass is 35.5. The number of halogens is 1. The number of nitrogens with zero attached hydrogens (tertiary/aromatic N) is 5. The summed E-state index contributed by atoms with van der Waals surface area (Å²) >= 11 is 6.24. The number of anilines is 1. The Kier molecular flexibility index (Phi) is 3.24. The average molecular weight is 325 g/mol. The van der Waals surface area contributed by atoms with Gasteiger partial charge in [-0.3, -0.25) is 4.68 Å². The Balaban J connectivity index is 1.68. The molecular weight excluding hydrogens is 312 g/mol. The summed E-state index contributed by atoms with van der Waals surface area (Å²) in [6, 6.07) is 13.9. The highest BCUT2D eigenvalue weighted by Gasteiger charge is 2.09. The van der Waals surface area contributed by atoms with Crippen molar-refractivity contribution in [1.82, 2.24) is 24.4 Å². The van der Waals surface area contributed by atoms with Crippen molar-refractivity contribution in [1.29, 1.82) is 0 Å². The van der Waals surface area contributed by atoms with E-state index in [1.54, 1.807) is 0 Å². The van der Waals surface area contributed by atoms with Gasteiger partial charge in [0.15, 0.2) is 5.65 Å². The molecule has 0 bridgehead atoms. The van der Waals surface area contributed by atoms with Crippen molar-refractivity contribution < 1.29 is 0 Å². The van der Waals surface area contributed by atoms with E-state index >= 15 is 0 Å². The lowest BCUT2D eigenvalue weighted by molar-refractivity contribution is 0.687. The molecule has 0 fully saturated rings. The molecule has 0 amide bonds. The van der Waals surface area contributed by atoms with E-state index in [2.05, 4.69) is 27.3 Å². The molecule has 0 aliphatic rings. The first kappa shape index (κ1) is 13.8. The summed E-state index contributed by atoms with van der Waals surface area (Å²) in [6.07, 6.45) is 3.79. The third-order valence-electron chi connectivity index (χ3n) is 3.56. The van der Waals surface area contributed by atoms with E-state index < -0.39 is 0 Å². The fraction of sp³-hybridized carbons (Fsp3) is 0.0625. The monoisotopic (exact) mass is 324 g/mol. The lowest BCUT2D eigenvalue weighted by atomic mass is 10.1. The molecule has 23 heavy (non-hydrogen) atoms. The zero-order chi connectivity index (χ0) is 15.8. The number of benzene rings is 1. The second kappa shape index (κ2) is 5.40. The number of hydrogen-bond donors (Lipinski definition) is 1. The summed E-state index contributed by atoms with van der Waals surface area (Å²) in [5, 5.41) is 8.90. The fourth-order valence-electron chi connectivity index (χ4n) is 2.50. The highest BCUT2D eigenvalue weighted by molar-refractivity contribution is 6.30. The Bertz CT molecular complexity index is 973. The molecule has 114 valence electrons. The van der Waals surface area contributed by atoms with Gasteiger partial charge >= 0.3 is 0 Å². The van der Waals surface area contributed by atoms with Crippen LogP contribution in [0.25, 0.3) is 16.8 Å². The normalized spacial score (nSPS) is 11.2. The Morgan fingerprint density at radius 1 is 1.09 bits per heavy atom. The lowest BCUT2D eigenvalue weighted by Crippen LogP contribution is -1.99. The highest BCUT2D eigenvalue weighted by Crippen LogP contribution is 2.24. The van der Waals surface area contributed by atoms with Crippen LogP contribution in [0.2, 0.25) is 5.15 Å². The molecule has 3 aromatic heterocycles. The number of hydrogen-bond acceptors (Lipinski definition) is 4. The fourth-order valence-corrected chi connectivity index (χ4v) is 2.74. The van der Waals surface area contributed by atoms with Crippen LogP contribution in [0.5, 0.6) is 0 Å². The van der Waals surface area contributed by atoms with Crippen LogP contribution in [0, 0.1) is 0 Å². The second-order valence-corrected chi connectivity index (χ2v) is 5.61. The van der Waals surface area contributed by atoms with Crippen LogP contribution >= 0.6 is 11.6 Å². The summed E-state index contributed by atoms with van der Waals surface area (Å²) in [6.45, 7) is 0.717. The van der Waals surface area contributed by atoms with E-state index in [1.165, 1.54) is 10.1 Å². The average Bonchev–Trinajstić information content (AvgIpc) is 3.14. The van der Waals surface area contributed by atoms with Crippen LogP contribution < -0.4 is 5.73 Å². The van der Waals surface area contributed by atoms with E-state index in [0.29, 0.717) is 17.3 Å². The van der Waals surface area contributed by atoms with Crippen molar-refractivity contribution in [3.8, 4) is 11.1 Å². The molecule has 0 radical (unpaired) electrons. The minimum absolute atomic E-state index is 0.198. The SMILES string of the molecule is Nc1nc2cc(-c3cnn(Cc4ccccc4)c3)cc(Cl)n2n1.